The molecule has 0 fully saturated rings. The number of anilines is 1. The summed E-state index contributed by atoms with van der Waals surface area (Å²) in [6, 6.07) is 13.6. The second-order valence-electron chi connectivity index (χ2n) is 8.78. The van der Waals surface area contributed by atoms with Crippen molar-refractivity contribution in [3.8, 4) is 11.5 Å². The molecule has 0 unspecified atom stereocenters. The van der Waals surface area contributed by atoms with Crippen LogP contribution < -0.4 is 14.8 Å². The standard InChI is InChI=1S/C25H18F5N3O5S/c1-39(35,36)17-8-5-14(6-9-17)11-21(34)31-16-7-10-19-18(12-16)32-23(24(26,27)28)33(19)13-15-3-2-4-20-22(15)38-25(29,30)37-20/h2-10,12H,11,13H2,1H3,(H,31,34). The third-order valence-corrected chi connectivity index (χ3v) is 6.97. The first-order valence-corrected chi connectivity index (χ1v) is 13.1. The third-order valence-electron chi connectivity index (χ3n) is 5.84. The summed E-state index contributed by atoms with van der Waals surface area (Å²) in [5, 5.41) is 2.58. The summed E-state index contributed by atoms with van der Waals surface area (Å²) in [5.41, 5.74) is 0.675. The van der Waals surface area contributed by atoms with Gasteiger partial charge in [0.25, 0.3) is 0 Å². The number of carbonyl (C=O) groups excluding carboxylic acids is 1. The molecule has 0 radical (unpaired) electrons. The number of hydrogen-bond acceptors (Lipinski definition) is 6. The number of ether oxygens (including phenoxy) is 2. The number of halogens is 5. The van der Waals surface area contributed by atoms with Gasteiger partial charge in [0, 0.05) is 17.5 Å². The molecule has 204 valence electrons. The largest absolute Gasteiger partial charge is 0.586 e. The van der Waals surface area contributed by atoms with E-state index in [1.54, 1.807) is 0 Å². The van der Waals surface area contributed by atoms with E-state index in [1.165, 1.54) is 60.7 Å². The lowest BCUT2D eigenvalue weighted by molar-refractivity contribution is -0.287. The second-order valence-corrected chi connectivity index (χ2v) is 10.8. The first kappa shape index (κ1) is 26.4. The summed E-state index contributed by atoms with van der Waals surface area (Å²) in [4.78, 5) is 16.3. The smallest absolute Gasteiger partial charge is 0.395 e. The normalized spacial score (nSPS) is 14.5. The Labute approximate surface area is 217 Å². The van der Waals surface area contributed by atoms with E-state index < -0.39 is 40.6 Å². The second kappa shape index (κ2) is 9.22. The van der Waals surface area contributed by atoms with Gasteiger partial charge < -0.3 is 19.4 Å². The molecule has 5 rings (SSSR count). The summed E-state index contributed by atoms with van der Waals surface area (Å²) >= 11 is 0. The van der Waals surface area contributed by atoms with Crippen molar-refractivity contribution < 1.29 is 44.6 Å². The Morgan fingerprint density at radius 3 is 2.44 bits per heavy atom. The van der Waals surface area contributed by atoms with Gasteiger partial charge in [0.2, 0.25) is 11.7 Å². The third kappa shape index (κ3) is 5.50. The van der Waals surface area contributed by atoms with Crippen molar-refractivity contribution in [3.05, 3.63) is 77.6 Å². The fourth-order valence-corrected chi connectivity index (χ4v) is 4.78. The molecular formula is C25H18F5N3O5S. The van der Waals surface area contributed by atoms with Gasteiger partial charge in [0.05, 0.1) is 28.9 Å². The van der Waals surface area contributed by atoms with Crippen molar-refractivity contribution in [2.75, 3.05) is 11.6 Å². The van der Waals surface area contributed by atoms with Crippen molar-refractivity contribution in [1.82, 2.24) is 9.55 Å². The Morgan fingerprint density at radius 2 is 1.77 bits per heavy atom. The van der Waals surface area contributed by atoms with Crippen LogP contribution in [0, 0.1) is 0 Å². The SMILES string of the molecule is CS(=O)(=O)c1ccc(CC(=O)Nc2ccc3c(c2)nc(C(F)(F)F)n3Cc2cccc3c2OC(F)(F)O3)cc1. The summed E-state index contributed by atoms with van der Waals surface area (Å²) in [6.07, 6.45) is -7.87. The average Bonchev–Trinajstić information content (AvgIpc) is 3.35. The topological polar surface area (TPSA) is 99.5 Å². The monoisotopic (exact) mass is 567 g/mol. The summed E-state index contributed by atoms with van der Waals surface area (Å²) in [6.45, 7) is -0.497. The minimum absolute atomic E-state index is 0.0220. The Hall–Kier alpha value is -4.20. The number of sulfone groups is 1. The molecule has 14 heteroatoms. The van der Waals surface area contributed by atoms with E-state index in [1.807, 2.05) is 0 Å². The number of fused-ring (bicyclic) bond motifs is 2. The van der Waals surface area contributed by atoms with Gasteiger partial charge in [0.15, 0.2) is 21.3 Å². The maximum Gasteiger partial charge on any atom is 0.586 e. The van der Waals surface area contributed by atoms with Gasteiger partial charge in [-0.3, -0.25) is 4.79 Å². The van der Waals surface area contributed by atoms with Crippen LogP contribution in [0.2, 0.25) is 0 Å². The molecule has 8 nitrogen and oxygen atoms in total. The highest BCUT2D eigenvalue weighted by atomic mass is 32.2. The zero-order valence-corrected chi connectivity index (χ0v) is 20.7. The fraction of sp³-hybridized carbons (Fsp3) is 0.200. The number of aromatic nitrogens is 2. The molecule has 39 heavy (non-hydrogen) atoms. The molecule has 2 heterocycles. The predicted molar refractivity (Wildman–Crippen MR) is 128 cm³/mol. The molecule has 1 N–H and O–H groups in total. The predicted octanol–water partition coefficient (Wildman–Crippen LogP) is 5.01. The molecule has 1 aromatic heterocycles. The highest BCUT2D eigenvalue weighted by Gasteiger charge is 2.45. The summed E-state index contributed by atoms with van der Waals surface area (Å²) in [7, 11) is -3.39. The lowest BCUT2D eigenvalue weighted by Crippen LogP contribution is -2.26. The van der Waals surface area contributed by atoms with Crippen LogP contribution in [0.5, 0.6) is 11.5 Å². The minimum atomic E-state index is -4.88. The number of carbonyl (C=O) groups is 1. The molecular weight excluding hydrogens is 549 g/mol. The van der Waals surface area contributed by atoms with Gasteiger partial charge in [-0.1, -0.05) is 24.3 Å². The molecule has 0 aliphatic carbocycles. The van der Waals surface area contributed by atoms with E-state index in [9.17, 15) is 35.2 Å². The van der Waals surface area contributed by atoms with Crippen molar-refractivity contribution in [3.63, 3.8) is 0 Å². The number of amides is 1. The molecule has 1 aliphatic heterocycles. The minimum Gasteiger partial charge on any atom is -0.395 e. The Bertz CT molecular complexity index is 1700. The quantitative estimate of drug-likeness (QED) is 0.329. The molecule has 0 spiro atoms. The number of hydrogen-bond donors (Lipinski definition) is 1. The highest BCUT2D eigenvalue weighted by Crippen LogP contribution is 2.44. The molecule has 0 bridgehead atoms. The molecule has 3 aromatic carbocycles. The fourth-order valence-electron chi connectivity index (χ4n) is 4.15. The van der Waals surface area contributed by atoms with Crippen LogP contribution in [0.3, 0.4) is 0 Å². The average molecular weight is 567 g/mol. The van der Waals surface area contributed by atoms with E-state index in [2.05, 4.69) is 19.8 Å². The zero-order valence-electron chi connectivity index (χ0n) is 19.9. The number of alkyl halides is 5. The van der Waals surface area contributed by atoms with Crippen LogP contribution >= 0.6 is 0 Å². The number of imidazole rings is 1. The van der Waals surface area contributed by atoms with Crippen molar-refractivity contribution in [2.24, 2.45) is 0 Å². The maximum atomic E-state index is 13.9. The number of rotatable bonds is 6. The van der Waals surface area contributed by atoms with Gasteiger partial charge >= 0.3 is 12.5 Å². The van der Waals surface area contributed by atoms with E-state index in [-0.39, 0.29) is 45.1 Å². The first-order chi connectivity index (χ1) is 18.2. The number of nitrogens with one attached hydrogen (secondary N) is 1. The van der Waals surface area contributed by atoms with Crippen LogP contribution in [0.15, 0.2) is 65.6 Å². The molecule has 0 saturated carbocycles. The molecule has 0 atom stereocenters. The van der Waals surface area contributed by atoms with Gasteiger partial charge in [0.1, 0.15) is 0 Å². The number of benzene rings is 3. The lowest BCUT2D eigenvalue weighted by atomic mass is 10.1. The Kier molecular flexibility index (Phi) is 6.24. The van der Waals surface area contributed by atoms with E-state index in [0.717, 1.165) is 10.8 Å². The van der Waals surface area contributed by atoms with Crippen LogP contribution in [0.25, 0.3) is 11.0 Å². The zero-order chi connectivity index (χ0) is 28.2. The van der Waals surface area contributed by atoms with Crippen LogP contribution in [0.4, 0.5) is 27.6 Å². The van der Waals surface area contributed by atoms with Crippen molar-refractivity contribution in [2.45, 2.75) is 30.3 Å². The van der Waals surface area contributed by atoms with E-state index in [4.69, 9.17) is 0 Å². The summed E-state index contributed by atoms with van der Waals surface area (Å²) in [5.74, 6) is -2.43. The summed E-state index contributed by atoms with van der Waals surface area (Å²) < 4.78 is 102. The van der Waals surface area contributed by atoms with Gasteiger partial charge in [-0.25, -0.2) is 13.4 Å². The molecule has 1 amide bonds. The van der Waals surface area contributed by atoms with Crippen molar-refractivity contribution >= 4 is 32.5 Å². The van der Waals surface area contributed by atoms with Gasteiger partial charge in [-0.2, -0.15) is 13.2 Å². The highest BCUT2D eigenvalue weighted by molar-refractivity contribution is 7.90. The van der Waals surface area contributed by atoms with Crippen LogP contribution in [-0.2, 0) is 33.8 Å². The molecule has 1 aliphatic rings. The van der Waals surface area contributed by atoms with E-state index >= 15 is 0 Å². The van der Waals surface area contributed by atoms with E-state index in [0.29, 0.717) is 5.56 Å². The van der Waals surface area contributed by atoms with Crippen molar-refractivity contribution in [1.29, 1.82) is 0 Å². The maximum absolute atomic E-state index is 13.9. The van der Waals surface area contributed by atoms with Crippen LogP contribution in [-0.4, -0.2) is 36.4 Å². The Morgan fingerprint density at radius 1 is 1.05 bits per heavy atom. The van der Waals surface area contributed by atoms with Crippen LogP contribution in [0.1, 0.15) is 17.0 Å². The molecule has 0 saturated heterocycles. The number of nitrogens with zero attached hydrogens (tertiary/aromatic N) is 2. The van der Waals surface area contributed by atoms with Gasteiger partial charge in [-0.15, -0.1) is 8.78 Å². The lowest BCUT2D eigenvalue weighted by Gasteiger charge is -2.13. The Balaban J connectivity index is 1.41. The van der Waals surface area contributed by atoms with Gasteiger partial charge in [-0.05, 0) is 42.0 Å². The number of para-hydroxylation sites is 1. The first-order valence-electron chi connectivity index (χ1n) is 11.2. The molecule has 4 aromatic rings.